The molecule has 6 nitrogen and oxygen atoms in total. The predicted octanol–water partition coefficient (Wildman–Crippen LogP) is 4.00. The Morgan fingerprint density at radius 2 is 1.66 bits per heavy atom. The third-order valence-electron chi connectivity index (χ3n) is 4.34. The SMILES string of the molecule is CC(C)CC(NC(Cc1cccc(OCc2cccc(Cl)c2)c1)C(=O)O)C(=O)O. The van der Waals surface area contributed by atoms with Crippen molar-refractivity contribution in [2.75, 3.05) is 0 Å². The number of benzene rings is 2. The van der Waals surface area contributed by atoms with Crippen molar-refractivity contribution in [3.63, 3.8) is 0 Å². The van der Waals surface area contributed by atoms with E-state index in [1.54, 1.807) is 30.3 Å². The van der Waals surface area contributed by atoms with E-state index in [2.05, 4.69) is 5.32 Å². The zero-order valence-corrected chi connectivity index (χ0v) is 17.2. The number of ether oxygens (including phenoxy) is 1. The van der Waals surface area contributed by atoms with Crippen LogP contribution in [0, 0.1) is 5.92 Å². The van der Waals surface area contributed by atoms with Gasteiger partial charge < -0.3 is 14.9 Å². The van der Waals surface area contributed by atoms with Crippen LogP contribution in [0.1, 0.15) is 31.4 Å². The van der Waals surface area contributed by atoms with E-state index < -0.39 is 24.0 Å². The predicted molar refractivity (Wildman–Crippen MR) is 111 cm³/mol. The zero-order chi connectivity index (χ0) is 21.4. The van der Waals surface area contributed by atoms with E-state index in [0.717, 1.165) is 11.1 Å². The van der Waals surface area contributed by atoms with Crippen molar-refractivity contribution >= 4 is 23.5 Å². The molecule has 2 atom stereocenters. The van der Waals surface area contributed by atoms with Crippen molar-refractivity contribution in [1.82, 2.24) is 5.32 Å². The molecule has 2 unspecified atom stereocenters. The molecule has 0 saturated heterocycles. The van der Waals surface area contributed by atoms with Crippen molar-refractivity contribution in [2.45, 2.75) is 45.4 Å². The Hall–Kier alpha value is -2.57. The van der Waals surface area contributed by atoms with Crippen LogP contribution in [-0.2, 0) is 22.6 Å². The number of halogens is 1. The Bertz CT molecular complexity index is 839. The van der Waals surface area contributed by atoms with Crippen LogP contribution in [0.4, 0.5) is 0 Å². The number of hydrogen-bond acceptors (Lipinski definition) is 4. The van der Waals surface area contributed by atoms with Gasteiger partial charge in [-0.2, -0.15) is 0 Å². The molecule has 7 heteroatoms. The molecule has 2 aromatic carbocycles. The normalized spacial score (nSPS) is 13.1. The van der Waals surface area contributed by atoms with Gasteiger partial charge in [-0.15, -0.1) is 0 Å². The van der Waals surface area contributed by atoms with E-state index in [1.807, 2.05) is 32.0 Å². The monoisotopic (exact) mass is 419 g/mol. The maximum absolute atomic E-state index is 11.7. The first-order chi connectivity index (χ1) is 13.7. The van der Waals surface area contributed by atoms with Gasteiger partial charge in [-0.25, -0.2) is 0 Å². The highest BCUT2D eigenvalue weighted by molar-refractivity contribution is 6.30. The molecule has 2 rings (SSSR count). The summed E-state index contributed by atoms with van der Waals surface area (Å²) < 4.78 is 5.78. The number of carboxylic acid groups (broad SMARTS) is 2. The number of hydrogen-bond donors (Lipinski definition) is 3. The largest absolute Gasteiger partial charge is 0.489 e. The fraction of sp³-hybridized carbons (Fsp3) is 0.364. The second-order valence-corrected chi connectivity index (χ2v) is 7.78. The lowest BCUT2D eigenvalue weighted by molar-refractivity contribution is -0.142. The topological polar surface area (TPSA) is 95.9 Å². The average Bonchev–Trinajstić information content (AvgIpc) is 2.65. The molecule has 0 aliphatic rings. The van der Waals surface area contributed by atoms with Gasteiger partial charge in [0.2, 0.25) is 0 Å². The third-order valence-corrected chi connectivity index (χ3v) is 4.57. The minimum atomic E-state index is -1.09. The molecule has 0 aliphatic heterocycles. The third kappa shape index (κ3) is 7.75. The molecule has 29 heavy (non-hydrogen) atoms. The summed E-state index contributed by atoms with van der Waals surface area (Å²) in [6, 6.07) is 12.5. The summed E-state index contributed by atoms with van der Waals surface area (Å²) in [6.45, 7) is 4.13. The van der Waals surface area contributed by atoms with E-state index in [9.17, 15) is 19.8 Å². The summed E-state index contributed by atoms with van der Waals surface area (Å²) in [5, 5.41) is 22.3. The van der Waals surface area contributed by atoms with Crippen LogP contribution in [0.3, 0.4) is 0 Å². The van der Waals surface area contributed by atoms with Crippen LogP contribution >= 0.6 is 11.6 Å². The van der Waals surface area contributed by atoms with Gasteiger partial charge in [0, 0.05) is 5.02 Å². The molecule has 0 radical (unpaired) electrons. The molecule has 0 bridgehead atoms. The van der Waals surface area contributed by atoms with Gasteiger partial charge in [0.15, 0.2) is 0 Å². The second-order valence-electron chi connectivity index (χ2n) is 7.35. The summed E-state index contributed by atoms with van der Waals surface area (Å²) in [5.41, 5.74) is 1.66. The number of carboxylic acids is 2. The number of rotatable bonds is 11. The maximum atomic E-state index is 11.7. The molecule has 0 amide bonds. The molecule has 0 spiro atoms. The fourth-order valence-corrected chi connectivity index (χ4v) is 3.18. The lowest BCUT2D eigenvalue weighted by Gasteiger charge is -2.22. The van der Waals surface area contributed by atoms with Gasteiger partial charge in [-0.1, -0.05) is 49.7 Å². The Morgan fingerprint density at radius 3 is 2.28 bits per heavy atom. The minimum Gasteiger partial charge on any atom is -0.489 e. The molecular weight excluding hydrogens is 394 g/mol. The number of carbonyl (C=O) groups is 2. The first-order valence-corrected chi connectivity index (χ1v) is 9.80. The van der Waals surface area contributed by atoms with Crippen LogP contribution in [0.15, 0.2) is 48.5 Å². The van der Waals surface area contributed by atoms with Gasteiger partial charge in [-0.3, -0.25) is 14.9 Å². The molecule has 0 saturated carbocycles. The molecule has 0 aliphatic carbocycles. The summed E-state index contributed by atoms with van der Waals surface area (Å²) in [7, 11) is 0. The van der Waals surface area contributed by atoms with Gasteiger partial charge in [0.05, 0.1) is 0 Å². The van der Waals surface area contributed by atoms with E-state index in [-0.39, 0.29) is 12.3 Å². The summed E-state index contributed by atoms with van der Waals surface area (Å²) in [4.78, 5) is 23.1. The van der Waals surface area contributed by atoms with Crippen LogP contribution in [0.2, 0.25) is 5.02 Å². The summed E-state index contributed by atoms with van der Waals surface area (Å²) >= 11 is 5.97. The Labute approximate surface area is 175 Å². The van der Waals surface area contributed by atoms with E-state index in [0.29, 0.717) is 23.8 Å². The van der Waals surface area contributed by atoms with Crippen molar-refractivity contribution in [1.29, 1.82) is 0 Å². The fourth-order valence-electron chi connectivity index (χ4n) is 2.96. The van der Waals surface area contributed by atoms with Crippen molar-refractivity contribution < 1.29 is 24.5 Å². The first-order valence-electron chi connectivity index (χ1n) is 9.42. The Morgan fingerprint density at radius 1 is 1.00 bits per heavy atom. The molecular formula is C22H26ClNO5. The molecule has 156 valence electrons. The lowest BCUT2D eigenvalue weighted by Crippen LogP contribution is -2.48. The van der Waals surface area contributed by atoms with E-state index >= 15 is 0 Å². The van der Waals surface area contributed by atoms with E-state index in [4.69, 9.17) is 16.3 Å². The highest BCUT2D eigenvalue weighted by Gasteiger charge is 2.26. The highest BCUT2D eigenvalue weighted by Crippen LogP contribution is 2.18. The van der Waals surface area contributed by atoms with Crippen LogP contribution in [0.5, 0.6) is 5.75 Å². The van der Waals surface area contributed by atoms with Crippen molar-refractivity contribution in [2.24, 2.45) is 5.92 Å². The molecule has 0 fully saturated rings. The quantitative estimate of drug-likeness (QED) is 0.509. The Balaban J connectivity index is 2.05. The first kappa shape index (κ1) is 22.7. The van der Waals surface area contributed by atoms with Crippen LogP contribution in [-0.4, -0.2) is 34.2 Å². The average molecular weight is 420 g/mol. The molecule has 0 heterocycles. The highest BCUT2D eigenvalue weighted by atomic mass is 35.5. The summed E-state index contributed by atoms with van der Waals surface area (Å²) in [5.74, 6) is -1.42. The summed E-state index contributed by atoms with van der Waals surface area (Å²) in [6.07, 6.45) is 0.494. The number of nitrogens with one attached hydrogen (secondary N) is 1. The van der Waals surface area contributed by atoms with Crippen LogP contribution in [0.25, 0.3) is 0 Å². The van der Waals surface area contributed by atoms with Crippen molar-refractivity contribution in [3.8, 4) is 5.75 Å². The number of aliphatic carboxylic acids is 2. The van der Waals surface area contributed by atoms with Crippen LogP contribution < -0.4 is 10.1 Å². The van der Waals surface area contributed by atoms with Gasteiger partial charge in [-0.05, 0) is 54.2 Å². The standard InChI is InChI=1S/C22H26ClNO5/c1-14(2)9-19(21(25)26)24-20(22(27)28)12-15-5-4-8-18(11-15)29-13-16-6-3-7-17(23)10-16/h3-8,10-11,14,19-20,24H,9,12-13H2,1-2H3,(H,25,26)(H,27,28). The zero-order valence-electron chi connectivity index (χ0n) is 16.5. The second kappa shape index (κ2) is 10.8. The van der Waals surface area contributed by atoms with Gasteiger partial charge in [0.1, 0.15) is 24.4 Å². The van der Waals surface area contributed by atoms with Gasteiger partial charge in [0.25, 0.3) is 0 Å². The van der Waals surface area contributed by atoms with Crippen molar-refractivity contribution in [3.05, 3.63) is 64.7 Å². The molecule has 0 aromatic heterocycles. The molecule has 3 N–H and O–H groups in total. The smallest absolute Gasteiger partial charge is 0.321 e. The lowest BCUT2D eigenvalue weighted by atomic mass is 10.0. The Kier molecular flexibility index (Phi) is 8.49. The van der Waals surface area contributed by atoms with Gasteiger partial charge >= 0.3 is 11.9 Å². The maximum Gasteiger partial charge on any atom is 0.321 e. The molecule has 2 aromatic rings. The minimum absolute atomic E-state index is 0.126. The van der Waals surface area contributed by atoms with E-state index in [1.165, 1.54) is 0 Å².